The van der Waals surface area contributed by atoms with Gasteiger partial charge in [-0.25, -0.2) is 0 Å². The predicted molar refractivity (Wildman–Crippen MR) is 74.4 cm³/mol. The van der Waals surface area contributed by atoms with Gasteiger partial charge in [-0.1, -0.05) is 0 Å². The summed E-state index contributed by atoms with van der Waals surface area (Å²) in [5.74, 6) is 0.843. The van der Waals surface area contributed by atoms with Crippen molar-refractivity contribution in [3.63, 3.8) is 0 Å². The molecule has 2 rings (SSSR count). The first-order valence-electron chi connectivity index (χ1n) is 6.09. The minimum absolute atomic E-state index is 0.360. The Bertz CT molecular complexity index is 454. The maximum Gasteiger partial charge on any atom is 0.261 e. The molecule has 6 heteroatoms. The van der Waals surface area contributed by atoms with Gasteiger partial charge in [0.2, 0.25) is 0 Å². The molecule has 0 unspecified atom stereocenters. The molecule has 4 N–H and O–H groups in total. The summed E-state index contributed by atoms with van der Waals surface area (Å²) in [6, 6.07) is 0. The van der Waals surface area contributed by atoms with E-state index < -0.39 is 5.91 Å². The van der Waals surface area contributed by atoms with Crippen molar-refractivity contribution in [1.82, 2.24) is 0 Å². The van der Waals surface area contributed by atoms with Gasteiger partial charge in [-0.05, 0) is 25.7 Å². The molecule has 1 fully saturated rings. The van der Waals surface area contributed by atoms with Crippen LogP contribution in [0.4, 0.5) is 10.7 Å². The quantitative estimate of drug-likeness (QED) is 0.823. The summed E-state index contributed by atoms with van der Waals surface area (Å²) in [4.78, 5) is 13.9. The van der Waals surface area contributed by atoms with Crippen LogP contribution in [-0.4, -0.2) is 26.1 Å². The Kier molecular flexibility index (Phi) is 3.65. The number of hydrogen-bond donors (Lipinski definition) is 2. The number of ether oxygens (including phenoxy) is 1. The molecule has 0 saturated heterocycles. The van der Waals surface area contributed by atoms with Crippen molar-refractivity contribution in [3.05, 3.63) is 4.88 Å². The zero-order valence-electron chi connectivity index (χ0n) is 10.7. The largest absolute Gasteiger partial charge is 0.492 e. The van der Waals surface area contributed by atoms with Crippen molar-refractivity contribution < 1.29 is 9.53 Å². The fourth-order valence-corrected chi connectivity index (χ4v) is 3.09. The first kappa shape index (κ1) is 13.0. The third-order valence-electron chi connectivity index (χ3n) is 3.15. The highest BCUT2D eigenvalue weighted by molar-refractivity contribution is 7.19. The Labute approximate surface area is 111 Å². The van der Waals surface area contributed by atoms with Crippen molar-refractivity contribution in [1.29, 1.82) is 0 Å². The monoisotopic (exact) mass is 269 g/mol. The van der Waals surface area contributed by atoms with Crippen LogP contribution in [0, 0.1) is 5.92 Å². The molecule has 0 radical (unpaired) electrons. The molecule has 18 heavy (non-hydrogen) atoms. The first-order valence-corrected chi connectivity index (χ1v) is 6.91. The van der Waals surface area contributed by atoms with Crippen LogP contribution in [0.5, 0.6) is 5.75 Å². The van der Waals surface area contributed by atoms with Crippen molar-refractivity contribution in [2.24, 2.45) is 11.7 Å². The molecule has 5 nitrogen and oxygen atoms in total. The fourth-order valence-electron chi connectivity index (χ4n) is 1.97. The van der Waals surface area contributed by atoms with Crippen LogP contribution in [0.25, 0.3) is 0 Å². The van der Waals surface area contributed by atoms with E-state index in [1.54, 1.807) is 7.11 Å². The van der Waals surface area contributed by atoms with Gasteiger partial charge in [0, 0.05) is 13.1 Å². The molecule has 100 valence electrons. The molecule has 0 spiro atoms. The summed E-state index contributed by atoms with van der Waals surface area (Å²) in [7, 11) is 1.57. The van der Waals surface area contributed by atoms with Crippen LogP contribution in [0.3, 0.4) is 0 Å². The summed E-state index contributed by atoms with van der Waals surface area (Å²) in [6.07, 6.45) is 2.56. The molecule has 0 atom stereocenters. The van der Waals surface area contributed by atoms with E-state index in [0.29, 0.717) is 16.3 Å². The standard InChI is InChI=1S/C12H19N3O2S/c1-3-15(6-7-4-5-7)12-9(17-2)8(13)10(18-12)11(14)16/h7H,3-6,13H2,1-2H3,(H2,14,16). The van der Waals surface area contributed by atoms with Gasteiger partial charge in [-0.2, -0.15) is 0 Å². The summed E-state index contributed by atoms with van der Waals surface area (Å²) in [5.41, 5.74) is 11.6. The number of nitrogen functional groups attached to an aromatic ring is 1. The fraction of sp³-hybridized carbons (Fsp3) is 0.583. The third kappa shape index (κ3) is 2.38. The van der Waals surface area contributed by atoms with E-state index in [0.717, 1.165) is 24.0 Å². The molecular formula is C12H19N3O2S. The maximum atomic E-state index is 11.3. The van der Waals surface area contributed by atoms with Crippen molar-refractivity contribution in [2.75, 3.05) is 30.8 Å². The van der Waals surface area contributed by atoms with Crippen molar-refractivity contribution in [3.8, 4) is 5.75 Å². The Balaban J connectivity index is 2.34. The number of carbonyl (C=O) groups excluding carboxylic acids is 1. The highest BCUT2D eigenvalue weighted by Gasteiger charge is 2.28. The minimum atomic E-state index is -0.496. The molecule has 1 aliphatic carbocycles. The Morgan fingerprint density at radius 3 is 2.67 bits per heavy atom. The average molecular weight is 269 g/mol. The smallest absolute Gasteiger partial charge is 0.261 e. The topological polar surface area (TPSA) is 81.6 Å². The Hall–Kier alpha value is -1.43. The lowest BCUT2D eigenvalue weighted by atomic mass is 10.3. The molecule has 1 aliphatic rings. The summed E-state index contributed by atoms with van der Waals surface area (Å²) >= 11 is 1.32. The molecule has 0 aromatic carbocycles. The zero-order valence-corrected chi connectivity index (χ0v) is 11.5. The number of methoxy groups -OCH3 is 1. The number of nitrogens with zero attached hydrogens (tertiary/aromatic N) is 1. The highest BCUT2D eigenvalue weighted by atomic mass is 32.1. The van der Waals surface area contributed by atoms with Crippen LogP contribution in [0.15, 0.2) is 0 Å². The molecular weight excluding hydrogens is 250 g/mol. The highest BCUT2D eigenvalue weighted by Crippen LogP contribution is 2.45. The molecule has 1 saturated carbocycles. The predicted octanol–water partition coefficient (Wildman–Crippen LogP) is 1.67. The number of rotatable bonds is 6. The lowest BCUT2D eigenvalue weighted by molar-refractivity contribution is 0.100. The second kappa shape index (κ2) is 5.06. The van der Waals surface area contributed by atoms with Crippen LogP contribution >= 0.6 is 11.3 Å². The second-order valence-corrected chi connectivity index (χ2v) is 5.53. The lowest BCUT2D eigenvalue weighted by Gasteiger charge is -2.22. The van der Waals surface area contributed by atoms with Crippen LogP contribution in [-0.2, 0) is 0 Å². The van der Waals surface area contributed by atoms with Gasteiger partial charge >= 0.3 is 0 Å². The first-order chi connectivity index (χ1) is 8.58. The molecule has 1 aromatic rings. The van der Waals surface area contributed by atoms with Crippen LogP contribution < -0.4 is 21.1 Å². The number of nitrogens with two attached hydrogens (primary N) is 2. The van der Waals surface area contributed by atoms with Crippen molar-refractivity contribution in [2.45, 2.75) is 19.8 Å². The van der Waals surface area contributed by atoms with E-state index in [-0.39, 0.29) is 0 Å². The van der Waals surface area contributed by atoms with Gasteiger partial charge in [-0.15, -0.1) is 11.3 Å². The van der Waals surface area contributed by atoms with Crippen molar-refractivity contribution >= 4 is 27.9 Å². The van der Waals surface area contributed by atoms with Gasteiger partial charge in [0.15, 0.2) is 5.75 Å². The van der Waals surface area contributed by atoms with Gasteiger partial charge in [0.1, 0.15) is 15.6 Å². The van der Waals surface area contributed by atoms with E-state index in [1.165, 1.54) is 24.2 Å². The summed E-state index contributed by atoms with van der Waals surface area (Å²) in [6.45, 7) is 3.94. The SMILES string of the molecule is CCN(CC1CC1)c1sc(C(N)=O)c(N)c1OC. The van der Waals surface area contributed by atoms with Crippen LogP contribution in [0.2, 0.25) is 0 Å². The zero-order chi connectivity index (χ0) is 13.3. The van der Waals surface area contributed by atoms with E-state index >= 15 is 0 Å². The summed E-state index contributed by atoms with van der Waals surface area (Å²) in [5, 5.41) is 0.915. The average Bonchev–Trinajstić information content (AvgIpc) is 3.09. The number of hydrogen-bond acceptors (Lipinski definition) is 5. The molecule has 0 aliphatic heterocycles. The molecule has 1 amide bonds. The normalized spacial score (nSPS) is 14.6. The van der Waals surface area contributed by atoms with Gasteiger partial charge in [0.05, 0.1) is 7.11 Å². The maximum absolute atomic E-state index is 11.3. The molecule has 0 bridgehead atoms. The van der Waals surface area contributed by atoms with Gasteiger partial charge in [0.25, 0.3) is 5.91 Å². The molecule has 1 aromatic heterocycles. The van der Waals surface area contributed by atoms with E-state index in [4.69, 9.17) is 16.2 Å². The number of carbonyl (C=O) groups is 1. The Morgan fingerprint density at radius 1 is 1.56 bits per heavy atom. The third-order valence-corrected chi connectivity index (χ3v) is 4.42. The van der Waals surface area contributed by atoms with Gasteiger partial charge < -0.3 is 21.1 Å². The number of amides is 1. The number of thiophene rings is 1. The summed E-state index contributed by atoms with van der Waals surface area (Å²) < 4.78 is 5.33. The van der Waals surface area contributed by atoms with E-state index in [9.17, 15) is 4.79 Å². The van der Waals surface area contributed by atoms with E-state index in [2.05, 4.69) is 11.8 Å². The van der Waals surface area contributed by atoms with E-state index in [1.807, 2.05) is 0 Å². The number of primary amides is 1. The van der Waals surface area contributed by atoms with Gasteiger partial charge in [-0.3, -0.25) is 4.79 Å². The van der Waals surface area contributed by atoms with Crippen LogP contribution in [0.1, 0.15) is 29.4 Å². The second-order valence-electron chi connectivity index (χ2n) is 4.53. The molecule has 1 heterocycles. The Morgan fingerprint density at radius 2 is 2.22 bits per heavy atom. The lowest BCUT2D eigenvalue weighted by Crippen LogP contribution is -2.24. The minimum Gasteiger partial charge on any atom is -0.492 e. The number of anilines is 2.